The summed E-state index contributed by atoms with van der Waals surface area (Å²) < 4.78 is 0. The number of benzene rings is 2. The molecule has 0 bridgehead atoms. The molecule has 0 heterocycles. The largest absolute Gasteiger partial charge is 0.350 e. The van der Waals surface area contributed by atoms with Crippen molar-refractivity contribution in [3.63, 3.8) is 0 Å². The molecule has 0 aromatic heterocycles. The van der Waals surface area contributed by atoms with Crippen LogP contribution in [0.5, 0.6) is 0 Å². The monoisotopic (exact) mass is 275 g/mol. The third-order valence-corrected chi connectivity index (χ3v) is 3.25. The van der Waals surface area contributed by atoms with Gasteiger partial charge in [0.2, 0.25) is 0 Å². The first kappa shape index (κ1) is 13.9. The fourth-order valence-corrected chi connectivity index (χ4v) is 2.45. The zero-order chi connectivity index (χ0) is 13.8. The lowest BCUT2D eigenvalue weighted by atomic mass is 10.1. The molecule has 0 spiro atoms. The quantitative estimate of drug-likeness (QED) is 0.841. The normalized spacial score (nSPS) is 14.1. The summed E-state index contributed by atoms with van der Waals surface area (Å²) in [7, 11) is 0. The van der Waals surface area contributed by atoms with Gasteiger partial charge in [-0.25, -0.2) is 0 Å². The van der Waals surface area contributed by atoms with Crippen molar-refractivity contribution in [3.05, 3.63) is 48.0 Å². The van der Waals surface area contributed by atoms with E-state index in [1.807, 2.05) is 56.3 Å². The van der Waals surface area contributed by atoms with Gasteiger partial charge in [-0.3, -0.25) is 4.79 Å². The first-order valence-electron chi connectivity index (χ1n) is 6.50. The van der Waals surface area contributed by atoms with Gasteiger partial charge in [-0.2, -0.15) is 0 Å². The topological polar surface area (TPSA) is 29.1 Å². The highest BCUT2D eigenvalue weighted by Gasteiger charge is 2.11. The fourth-order valence-electron chi connectivity index (χ4n) is 2.18. The lowest BCUT2D eigenvalue weighted by molar-refractivity contribution is 0.0938. The molecule has 0 aliphatic rings. The van der Waals surface area contributed by atoms with Gasteiger partial charge < -0.3 is 5.32 Å². The first-order chi connectivity index (χ1) is 9.06. The molecule has 0 aliphatic heterocycles. The minimum absolute atomic E-state index is 0.0458. The molecule has 0 saturated heterocycles. The van der Waals surface area contributed by atoms with Crippen LogP contribution in [0.2, 0.25) is 0 Å². The van der Waals surface area contributed by atoms with Gasteiger partial charge in [-0.15, -0.1) is 11.6 Å². The maximum atomic E-state index is 12.1. The van der Waals surface area contributed by atoms with E-state index < -0.39 is 0 Å². The van der Waals surface area contributed by atoms with E-state index in [1.54, 1.807) is 0 Å². The Kier molecular flexibility index (Phi) is 4.43. The van der Waals surface area contributed by atoms with Crippen molar-refractivity contribution in [2.75, 3.05) is 0 Å². The van der Waals surface area contributed by atoms with E-state index in [4.69, 9.17) is 11.6 Å². The summed E-state index contributed by atoms with van der Waals surface area (Å²) in [5, 5.41) is 5.25. The van der Waals surface area contributed by atoms with Crippen molar-refractivity contribution >= 4 is 28.3 Å². The summed E-state index contributed by atoms with van der Waals surface area (Å²) >= 11 is 5.93. The fraction of sp³-hybridized carbons (Fsp3) is 0.312. The molecule has 2 unspecified atom stereocenters. The van der Waals surface area contributed by atoms with E-state index >= 15 is 0 Å². The smallest absolute Gasteiger partial charge is 0.251 e. The summed E-state index contributed by atoms with van der Waals surface area (Å²) in [5.41, 5.74) is 0.688. The molecule has 2 rings (SSSR count). The number of hydrogen-bond donors (Lipinski definition) is 1. The lowest BCUT2D eigenvalue weighted by Crippen LogP contribution is -2.33. The van der Waals surface area contributed by atoms with Gasteiger partial charge >= 0.3 is 0 Å². The Morgan fingerprint density at radius 3 is 2.53 bits per heavy atom. The summed E-state index contributed by atoms with van der Waals surface area (Å²) in [6, 6.07) is 13.8. The SMILES string of the molecule is CC(Cl)CC(C)NC(=O)c1ccc2ccccc2c1. The first-order valence-corrected chi connectivity index (χ1v) is 6.93. The van der Waals surface area contributed by atoms with Gasteiger partial charge in [-0.1, -0.05) is 30.3 Å². The number of carbonyl (C=O) groups is 1. The Morgan fingerprint density at radius 1 is 1.16 bits per heavy atom. The van der Waals surface area contributed by atoms with Crippen LogP contribution in [0, 0.1) is 0 Å². The molecular formula is C16H18ClNO. The average molecular weight is 276 g/mol. The standard InChI is InChI=1S/C16H18ClNO/c1-11(17)9-12(2)18-16(19)15-8-7-13-5-3-4-6-14(13)10-15/h3-8,10-12H,9H2,1-2H3,(H,18,19). The minimum Gasteiger partial charge on any atom is -0.350 e. The average Bonchev–Trinajstić information content (AvgIpc) is 2.37. The zero-order valence-electron chi connectivity index (χ0n) is 11.2. The highest BCUT2D eigenvalue weighted by atomic mass is 35.5. The van der Waals surface area contributed by atoms with Crippen LogP contribution in [-0.4, -0.2) is 17.3 Å². The number of fused-ring (bicyclic) bond motifs is 1. The Balaban J connectivity index is 2.13. The molecule has 2 atom stereocenters. The maximum Gasteiger partial charge on any atom is 0.251 e. The Hall–Kier alpha value is -1.54. The molecule has 19 heavy (non-hydrogen) atoms. The van der Waals surface area contributed by atoms with Gasteiger partial charge in [0.15, 0.2) is 0 Å². The van der Waals surface area contributed by atoms with Crippen LogP contribution >= 0.6 is 11.6 Å². The van der Waals surface area contributed by atoms with Crippen molar-refractivity contribution in [3.8, 4) is 0 Å². The third kappa shape index (κ3) is 3.71. The predicted molar refractivity (Wildman–Crippen MR) is 80.8 cm³/mol. The summed E-state index contributed by atoms with van der Waals surface area (Å²) in [4.78, 5) is 12.1. The van der Waals surface area contributed by atoms with Crippen molar-refractivity contribution in [2.24, 2.45) is 0 Å². The lowest BCUT2D eigenvalue weighted by Gasteiger charge is -2.15. The molecule has 2 aromatic rings. The molecule has 3 heteroatoms. The van der Waals surface area contributed by atoms with Crippen molar-refractivity contribution in [1.82, 2.24) is 5.32 Å². The van der Waals surface area contributed by atoms with Gasteiger partial charge in [0, 0.05) is 17.0 Å². The number of nitrogens with one attached hydrogen (secondary N) is 1. The highest BCUT2D eigenvalue weighted by molar-refractivity contribution is 6.20. The van der Waals surface area contributed by atoms with Crippen LogP contribution in [0.3, 0.4) is 0 Å². The van der Waals surface area contributed by atoms with Crippen molar-refractivity contribution in [2.45, 2.75) is 31.7 Å². The van der Waals surface area contributed by atoms with Crippen molar-refractivity contribution in [1.29, 1.82) is 0 Å². The van der Waals surface area contributed by atoms with E-state index in [9.17, 15) is 4.79 Å². The Morgan fingerprint density at radius 2 is 1.84 bits per heavy atom. The summed E-state index contributed by atoms with van der Waals surface area (Å²) in [5.74, 6) is -0.0458. The minimum atomic E-state index is -0.0458. The molecular weight excluding hydrogens is 258 g/mol. The highest BCUT2D eigenvalue weighted by Crippen LogP contribution is 2.16. The van der Waals surface area contributed by atoms with Gasteiger partial charge in [0.25, 0.3) is 5.91 Å². The van der Waals surface area contributed by atoms with E-state index in [0.717, 1.165) is 17.2 Å². The summed E-state index contributed by atoms with van der Waals surface area (Å²) in [6.07, 6.45) is 0.765. The molecule has 1 amide bonds. The van der Waals surface area contributed by atoms with Gasteiger partial charge in [-0.05, 0) is 43.2 Å². The van der Waals surface area contributed by atoms with Gasteiger partial charge in [0.05, 0.1) is 0 Å². The Bertz CT molecular complexity index is 580. The molecule has 100 valence electrons. The third-order valence-electron chi connectivity index (χ3n) is 3.07. The number of halogens is 1. The van der Waals surface area contributed by atoms with Crippen LogP contribution in [0.15, 0.2) is 42.5 Å². The van der Waals surface area contributed by atoms with Crippen LogP contribution in [0.4, 0.5) is 0 Å². The van der Waals surface area contributed by atoms with Crippen LogP contribution in [0.25, 0.3) is 10.8 Å². The second-order valence-corrected chi connectivity index (χ2v) is 5.70. The second kappa shape index (κ2) is 6.07. The number of rotatable bonds is 4. The number of amides is 1. The van der Waals surface area contributed by atoms with Gasteiger partial charge in [0.1, 0.15) is 0 Å². The van der Waals surface area contributed by atoms with Crippen LogP contribution in [-0.2, 0) is 0 Å². The second-order valence-electron chi connectivity index (χ2n) is 4.95. The van der Waals surface area contributed by atoms with Crippen LogP contribution < -0.4 is 5.32 Å². The molecule has 0 radical (unpaired) electrons. The van der Waals surface area contributed by atoms with Crippen molar-refractivity contribution < 1.29 is 4.79 Å². The molecule has 2 aromatic carbocycles. The maximum absolute atomic E-state index is 12.1. The molecule has 0 fully saturated rings. The molecule has 2 nitrogen and oxygen atoms in total. The van der Waals surface area contributed by atoms with E-state index in [0.29, 0.717) is 5.56 Å². The van der Waals surface area contributed by atoms with Crippen LogP contribution in [0.1, 0.15) is 30.6 Å². The number of hydrogen-bond acceptors (Lipinski definition) is 1. The predicted octanol–water partition coefficient (Wildman–Crippen LogP) is 3.98. The van der Waals surface area contributed by atoms with E-state index in [-0.39, 0.29) is 17.3 Å². The number of carbonyl (C=O) groups excluding carboxylic acids is 1. The van der Waals surface area contributed by atoms with E-state index in [1.165, 1.54) is 0 Å². The molecule has 0 saturated carbocycles. The zero-order valence-corrected chi connectivity index (χ0v) is 11.9. The molecule has 0 aliphatic carbocycles. The molecule has 1 N–H and O–H groups in total. The number of alkyl halides is 1. The van der Waals surface area contributed by atoms with E-state index in [2.05, 4.69) is 5.32 Å². The Labute approximate surface area is 118 Å². The summed E-state index contributed by atoms with van der Waals surface area (Å²) in [6.45, 7) is 3.90.